The first kappa shape index (κ1) is 19.2. The van der Waals surface area contributed by atoms with Gasteiger partial charge in [0.15, 0.2) is 5.69 Å². The largest absolute Gasteiger partial charge is 0.434 e. The minimum Gasteiger partial charge on any atom is -0.431 e. The lowest BCUT2D eigenvalue weighted by Crippen LogP contribution is -2.62. The number of nitrogens with one attached hydrogen (secondary N) is 1. The highest BCUT2D eigenvalue weighted by Crippen LogP contribution is 2.34. The molecule has 1 amide bonds. The number of piperidine rings is 3. The van der Waals surface area contributed by atoms with Crippen LogP contribution >= 0.6 is 11.3 Å². The van der Waals surface area contributed by atoms with E-state index < -0.39 is 11.9 Å². The van der Waals surface area contributed by atoms with Crippen molar-refractivity contribution >= 4 is 17.2 Å². The summed E-state index contributed by atoms with van der Waals surface area (Å²) in [5.74, 6) is 0.695. The van der Waals surface area contributed by atoms with Crippen LogP contribution in [0.2, 0.25) is 0 Å². The Hall–Kier alpha value is -2.13. The number of benzene rings is 1. The molecular weight excluding hydrogens is 391 g/mol. The van der Waals surface area contributed by atoms with E-state index in [0.717, 1.165) is 42.6 Å². The van der Waals surface area contributed by atoms with Gasteiger partial charge in [-0.1, -0.05) is 11.3 Å². The van der Waals surface area contributed by atoms with E-state index in [4.69, 9.17) is 4.74 Å². The zero-order valence-corrected chi connectivity index (χ0v) is 16.0. The van der Waals surface area contributed by atoms with Gasteiger partial charge in [-0.15, -0.1) is 0 Å². The second kappa shape index (κ2) is 7.36. The number of ether oxygens (including phenoxy) is 1. The number of nitrogens with zero attached hydrogens (tertiary/aromatic N) is 2. The van der Waals surface area contributed by atoms with Crippen LogP contribution in [-0.4, -0.2) is 41.0 Å². The maximum Gasteiger partial charge on any atom is 0.434 e. The molecule has 9 heteroatoms. The zero-order valence-electron chi connectivity index (χ0n) is 15.2. The summed E-state index contributed by atoms with van der Waals surface area (Å²) in [4.78, 5) is 18.4. The van der Waals surface area contributed by atoms with Crippen LogP contribution in [0.15, 0.2) is 29.6 Å². The van der Waals surface area contributed by atoms with E-state index in [1.807, 2.05) is 0 Å². The molecule has 2 atom stereocenters. The molecule has 28 heavy (non-hydrogen) atoms. The molecule has 1 aromatic carbocycles. The van der Waals surface area contributed by atoms with E-state index in [1.54, 1.807) is 24.3 Å². The summed E-state index contributed by atoms with van der Waals surface area (Å²) in [6.45, 7) is 4.34. The van der Waals surface area contributed by atoms with Crippen LogP contribution in [-0.2, 0) is 6.18 Å². The van der Waals surface area contributed by atoms with Crippen molar-refractivity contribution in [2.45, 2.75) is 38.0 Å². The summed E-state index contributed by atoms with van der Waals surface area (Å²) < 4.78 is 43.2. The number of hydrogen-bond acceptors (Lipinski definition) is 5. The number of rotatable bonds is 4. The van der Waals surface area contributed by atoms with Crippen molar-refractivity contribution < 1.29 is 22.7 Å². The maximum absolute atomic E-state index is 12.6. The average Bonchev–Trinajstić information content (AvgIpc) is 3.14. The van der Waals surface area contributed by atoms with Gasteiger partial charge in [0.05, 0.1) is 0 Å². The number of aromatic nitrogens is 1. The highest BCUT2D eigenvalue weighted by Gasteiger charge is 2.40. The Bertz CT molecular complexity index is 843. The molecule has 2 aromatic rings. The van der Waals surface area contributed by atoms with E-state index in [0.29, 0.717) is 23.3 Å². The van der Waals surface area contributed by atoms with E-state index in [-0.39, 0.29) is 17.1 Å². The first-order chi connectivity index (χ1) is 13.3. The third kappa shape index (κ3) is 3.86. The molecule has 0 spiro atoms. The minimum absolute atomic E-state index is 0.0920. The van der Waals surface area contributed by atoms with Gasteiger partial charge in [0.1, 0.15) is 5.75 Å². The summed E-state index contributed by atoms with van der Waals surface area (Å²) in [5, 5.41) is 3.97. The van der Waals surface area contributed by atoms with Crippen molar-refractivity contribution in [3.05, 3.63) is 40.9 Å². The monoisotopic (exact) mass is 411 g/mol. The highest BCUT2D eigenvalue weighted by molar-refractivity contribution is 7.11. The predicted octanol–water partition coefficient (Wildman–Crippen LogP) is 4.17. The molecule has 3 aliphatic rings. The number of carbonyl (C=O) groups is 1. The van der Waals surface area contributed by atoms with E-state index in [2.05, 4.69) is 22.1 Å². The zero-order chi connectivity index (χ0) is 19.9. The molecule has 0 aliphatic carbocycles. The molecule has 3 saturated heterocycles. The van der Waals surface area contributed by atoms with Crippen LogP contribution in [0, 0.1) is 5.92 Å². The quantitative estimate of drug-likeness (QED) is 0.821. The Morgan fingerprint density at radius 3 is 2.50 bits per heavy atom. The van der Waals surface area contributed by atoms with Gasteiger partial charge in [0, 0.05) is 23.0 Å². The summed E-state index contributed by atoms with van der Waals surface area (Å²) >= 11 is 0.775. The molecule has 2 bridgehead atoms. The lowest BCUT2D eigenvalue weighted by Gasteiger charge is -2.49. The van der Waals surface area contributed by atoms with Crippen LogP contribution in [0.1, 0.15) is 35.8 Å². The molecule has 5 nitrogen and oxygen atoms in total. The minimum atomic E-state index is -4.49. The first-order valence-electron chi connectivity index (χ1n) is 9.17. The Morgan fingerprint density at radius 1 is 1.25 bits per heavy atom. The maximum atomic E-state index is 12.6. The van der Waals surface area contributed by atoms with E-state index in [1.165, 1.54) is 0 Å². The number of carbonyl (C=O) groups excluding carboxylic acids is 1. The normalized spacial score (nSPS) is 26.9. The highest BCUT2D eigenvalue weighted by atomic mass is 32.1. The van der Waals surface area contributed by atoms with Gasteiger partial charge in [0.2, 0.25) is 0 Å². The molecule has 0 radical (unpaired) electrons. The van der Waals surface area contributed by atoms with E-state index in [9.17, 15) is 18.0 Å². The summed E-state index contributed by atoms with van der Waals surface area (Å²) in [7, 11) is 0. The van der Waals surface area contributed by atoms with Crippen molar-refractivity contribution in [3.63, 3.8) is 0 Å². The van der Waals surface area contributed by atoms with E-state index >= 15 is 0 Å². The van der Waals surface area contributed by atoms with Gasteiger partial charge in [-0.2, -0.15) is 18.2 Å². The third-order valence-corrected chi connectivity index (χ3v) is 6.29. The van der Waals surface area contributed by atoms with Gasteiger partial charge >= 0.3 is 6.18 Å². The number of thiazole rings is 1. The first-order valence-corrected chi connectivity index (χ1v) is 10.0. The standard InChI is InChI=1S/C19H20F3N3O2S/c1-11-16(12-6-8-25(11)9-7-12)24-17(26)13-2-4-14(5-3-13)27-18-23-15(10-28-18)19(20,21)22/h2-5,10-12,16H,6-9H2,1H3,(H,24,26). The number of fused-ring (bicyclic) bond motifs is 3. The fourth-order valence-electron chi connectivity index (χ4n) is 3.99. The fourth-order valence-corrected chi connectivity index (χ4v) is 4.68. The van der Waals surface area contributed by atoms with Crippen molar-refractivity contribution in [2.24, 2.45) is 5.92 Å². The third-order valence-electron chi connectivity index (χ3n) is 5.57. The van der Waals surface area contributed by atoms with Crippen LogP contribution < -0.4 is 10.1 Å². The van der Waals surface area contributed by atoms with Gasteiger partial charge in [-0.25, -0.2) is 0 Å². The topological polar surface area (TPSA) is 54.5 Å². The summed E-state index contributed by atoms with van der Waals surface area (Å²) in [5.41, 5.74) is -0.485. The van der Waals surface area contributed by atoms with Crippen molar-refractivity contribution in [2.75, 3.05) is 13.1 Å². The molecule has 150 valence electrons. The molecule has 1 N–H and O–H groups in total. The molecule has 3 fully saturated rings. The summed E-state index contributed by atoms with van der Waals surface area (Å²) in [6.07, 6.45) is -2.28. The van der Waals surface area contributed by atoms with Crippen molar-refractivity contribution in [1.82, 2.24) is 15.2 Å². The van der Waals surface area contributed by atoms with Crippen molar-refractivity contribution in [3.8, 4) is 10.9 Å². The number of alkyl halides is 3. The molecule has 3 aliphatic heterocycles. The molecule has 2 unspecified atom stereocenters. The molecule has 4 heterocycles. The Kier molecular flexibility index (Phi) is 5.05. The lowest BCUT2D eigenvalue weighted by molar-refractivity contribution is -0.140. The smallest absolute Gasteiger partial charge is 0.431 e. The second-order valence-corrected chi connectivity index (χ2v) is 8.06. The summed E-state index contributed by atoms with van der Waals surface area (Å²) in [6, 6.07) is 6.80. The fraction of sp³-hybridized carbons (Fsp3) is 0.474. The number of hydrogen-bond donors (Lipinski definition) is 1. The van der Waals surface area contributed by atoms with Crippen LogP contribution in [0.25, 0.3) is 0 Å². The lowest BCUT2D eigenvalue weighted by atomic mass is 9.79. The Morgan fingerprint density at radius 2 is 1.93 bits per heavy atom. The average molecular weight is 411 g/mol. The van der Waals surface area contributed by atoms with Crippen LogP contribution in [0.4, 0.5) is 13.2 Å². The SMILES string of the molecule is CC1C(NC(=O)c2ccc(Oc3nc(C(F)(F)F)cs3)cc2)C2CCN1CC2. The van der Waals surface area contributed by atoms with Crippen LogP contribution in [0.5, 0.6) is 10.9 Å². The van der Waals surface area contributed by atoms with Gasteiger partial charge < -0.3 is 10.1 Å². The molecule has 5 rings (SSSR count). The molecule has 0 saturated carbocycles. The predicted molar refractivity (Wildman–Crippen MR) is 98.6 cm³/mol. The second-order valence-electron chi connectivity index (χ2n) is 7.24. The Labute approximate surface area is 164 Å². The van der Waals surface area contributed by atoms with Gasteiger partial charge in [0.25, 0.3) is 11.1 Å². The number of amides is 1. The molecular formula is C19H20F3N3O2S. The van der Waals surface area contributed by atoms with Gasteiger partial charge in [-0.05, 0) is 63.0 Å². The van der Waals surface area contributed by atoms with Crippen LogP contribution in [0.3, 0.4) is 0 Å². The van der Waals surface area contributed by atoms with Crippen molar-refractivity contribution in [1.29, 1.82) is 0 Å². The molecule has 1 aromatic heterocycles. The van der Waals surface area contributed by atoms with Gasteiger partial charge in [-0.3, -0.25) is 9.69 Å². The number of halogens is 3. The Balaban J connectivity index is 1.39.